The number of nitrogens with one attached hydrogen (secondary N) is 1. The monoisotopic (exact) mass is 290 g/mol. The number of amides is 3. The number of hydrogen-bond donors (Lipinski definition) is 3. The van der Waals surface area contributed by atoms with Gasteiger partial charge in [-0.1, -0.05) is 25.0 Å². The van der Waals surface area contributed by atoms with E-state index in [2.05, 4.69) is 5.32 Å². The Hall–Kier alpha value is -2.24. The lowest BCUT2D eigenvalue weighted by molar-refractivity contribution is -0.118. The Morgan fingerprint density at radius 1 is 1.19 bits per heavy atom. The molecule has 6 heteroatoms. The van der Waals surface area contributed by atoms with Crippen LogP contribution in [-0.2, 0) is 11.3 Å². The standard InChI is InChI=1S/C15H22N4O2/c16-12-7-5-11(6-8-12)9-19(10-14(17)20)15(21)18-13-3-1-2-4-13/h5-8,13H,1-4,9-10,16H2,(H2,17,20)(H,18,21). The zero-order valence-corrected chi connectivity index (χ0v) is 12.0. The average molecular weight is 290 g/mol. The molecule has 5 N–H and O–H groups in total. The van der Waals surface area contributed by atoms with Crippen LogP contribution in [-0.4, -0.2) is 29.4 Å². The van der Waals surface area contributed by atoms with Gasteiger partial charge in [0.15, 0.2) is 0 Å². The first-order valence-electron chi connectivity index (χ1n) is 7.23. The third kappa shape index (κ3) is 4.66. The molecule has 1 aromatic carbocycles. The van der Waals surface area contributed by atoms with E-state index in [4.69, 9.17) is 11.5 Å². The van der Waals surface area contributed by atoms with Crippen LogP contribution < -0.4 is 16.8 Å². The Morgan fingerprint density at radius 2 is 1.81 bits per heavy atom. The van der Waals surface area contributed by atoms with Crippen LogP contribution in [0.5, 0.6) is 0 Å². The number of nitrogens with zero attached hydrogens (tertiary/aromatic N) is 1. The van der Waals surface area contributed by atoms with Crippen molar-refractivity contribution in [2.24, 2.45) is 5.73 Å². The van der Waals surface area contributed by atoms with Crippen molar-refractivity contribution in [1.82, 2.24) is 10.2 Å². The molecule has 0 radical (unpaired) electrons. The van der Waals surface area contributed by atoms with E-state index in [-0.39, 0.29) is 18.6 Å². The van der Waals surface area contributed by atoms with Gasteiger partial charge in [-0.25, -0.2) is 4.79 Å². The maximum atomic E-state index is 12.3. The van der Waals surface area contributed by atoms with Crippen LogP contribution in [0.3, 0.4) is 0 Å². The van der Waals surface area contributed by atoms with Crippen molar-refractivity contribution < 1.29 is 9.59 Å². The predicted molar refractivity (Wildman–Crippen MR) is 81.2 cm³/mol. The van der Waals surface area contributed by atoms with Gasteiger partial charge in [0.1, 0.15) is 6.54 Å². The second-order valence-corrected chi connectivity index (χ2v) is 5.49. The second-order valence-electron chi connectivity index (χ2n) is 5.49. The molecule has 1 aromatic rings. The summed E-state index contributed by atoms with van der Waals surface area (Å²) < 4.78 is 0. The van der Waals surface area contributed by atoms with Crippen molar-refractivity contribution in [2.45, 2.75) is 38.3 Å². The molecule has 0 aromatic heterocycles. The summed E-state index contributed by atoms with van der Waals surface area (Å²) in [5.74, 6) is -0.521. The van der Waals surface area contributed by atoms with Crippen LogP contribution in [0.15, 0.2) is 24.3 Å². The Balaban J connectivity index is 2.00. The predicted octanol–water partition coefficient (Wildman–Crippen LogP) is 1.21. The zero-order valence-electron chi connectivity index (χ0n) is 12.0. The minimum absolute atomic E-state index is 0.0943. The van der Waals surface area contributed by atoms with Gasteiger partial charge in [-0.05, 0) is 30.5 Å². The first-order chi connectivity index (χ1) is 10.0. The van der Waals surface area contributed by atoms with Crippen molar-refractivity contribution in [3.8, 4) is 0 Å². The third-order valence-corrected chi connectivity index (χ3v) is 3.67. The molecule has 0 heterocycles. The summed E-state index contributed by atoms with van der Waals surface area (Å²) in [7, 11) is 0. The smallest absolute Gasteiger partial charge is 0.318 e. The molecule has 114 valence electrons. The lowest BCUT2D eigenvalue weighted by atomic mass is 10.2. The number of anilines is 1. The van der Waals surface area contributed by atoms with Crippen molar-refractivity contribution in [3.63, 3.8) is 0 Å². The Bertz CT molecular complexity index is 495. The van der Waals surface area contributed by atoms with Crippen molar-refractivity contribution in [3.05, 3.63) is 29.8 Å². The summed E-state index contributed by atoms with van der Waals surface area (Å²) in [6, 6.07) is 7.19. The number of nitrogens with two attached hydrogens (primary N) is 2. The van der Waals surface area contributed by atoms with E-state index in [0.717, 1.165) is 31.2 Å². The number of carbonyl (C=O) groups excluding carboxylic acids is 2. The van der Waals surface area contributed by atoms with Crippen LogP contribution in [0.4, 0.5) is 10.5 Å². The van der Waals surface area contributed by atoms with Crippen LogP contribution in [0.25, 0.3) is 0 Å². The van der Waals surface area contributed by atoms with Gasteiger partial charge >= 0.3 is 6.03 Å². The molecular weight excluding hydrogens is 268 g/mol. The summed E-state index contributed by atoms with van der Waals surface area (Å²) in [6.45, 7) is 0.241. The molecule has 1 aliphatic carbocycles. The van der Waals surface area contributed by atoms with Gasteiger partial charge in [-0.15, -0.1) is 0 Å². The van der Waals surface area contributed by atoms with Gasteiger partial charge in [-0.3, -0.25) is 4.79 Å². The van der Waals surface area contributed by atoms with Gasteiger partial charge in [0.05, 0.1) is 0 Å². The molecule has 0 aliphatic heterocycles. The SMILES string of the molecule is NC(=O)CN(Cc1ccc(N)cc1)C(=O)NC1CCCC1. The number of primary amides is 1. The molecule has 2 rings (SSSR count). The van der Waals surface area contributed by atoms with Gasteiger partial charge in [0.25, 0.3) is 0 Å². The van der Waals surface area contributed by atoms with E-state index < -0.39 is 5.91 Å². The van der Waals surface area contributed by atoms with E-state index in [1.54, 1.807) is 12.1 Å². The molecule has 0 spiro atoms. The number of urea groups is 1. The number of carbonyl (C=O) groups is 2. The first-order valence-corrected chi connectivity index (χ1v) is 7.23. The molecule has 1 fully saturated rings. The third-order valence-electron chi connectivity index (χ3n) is 3.67. The highest BCUT2D eigenvalue weighted by Crippen LogP contribution is 2.18. The van der Waals surface area contributed by atoms with E-state index >= 15 is 0 Å². The van der Waals surface area contributed by atoms with E-state index in [1.165, 1.54) is 4.90 Å². The lowest BCUT2D eigenvalue weighted by Gasteiger charge is -2.24. The quantitative estimate of drug-likeness (QED) is 0.710. The molecular formula is C15H22N4O2. The van der Waals surface area contributed by atoms with E-state index in [0.29, 0.717) is 12.2 Å². The van der Waals surface area contributed by atoms with Crippen LogP contribution in [0.1, 0.15) is 31.2 Å². The van der Waals surface area contributed by atoms with Gasteiger partial charge in [0, 0.05) is 18.3 Å². The van der Waals surface area contributed by atoms with Gasteiger partial charge in [-0.2, -0.15) is 0 Å². The minimum Gasteiger partial charge on any atom is -0.399 e. The molecule has 1 saturated carbocycles. The summed E-state index contributed by atoms with van der Waals surface area (Å²) >= 11 is 0. The molecule has 0 bridgehead atoms. The van der Waals surface area contributed by atoms with E-state index in [9.17, 15) is 9.59 Å². The molecule has 1 aliphatic rings. The van der Waals surface area contributed by atoms with Crippen LogP contribution in [0, 0.1) is 0 Å². The number of nitrogen functional groups attached to an aromatic ring is 1. The fourth-order valence-electron chi connectivity index (χ4n) is 2.57. The van der Waals surface area contributed by atoms with Gasteiger partial charge in [0.2, 0.25) is 5.91 Å². The van der Waals surface area contributed by atoms with Gasteiger partial charge < -0.3 is 21.7 Å². The fourth-order valence-corrected chi connectivity index (χ4v) is 2.57. The highest BCUT2D eigenvalue weighted by Gasteiger charge is 2.22. The molecule has 0 atom stereocenters. The highest BCUT2D eigenvalue weighted by atomic mass is 16.2. The normalized spacial score (nSPS) is 14.9. The zero-order chi connectivity index (χ0) is 15.2. The fraction of sp³-hybridized carbons (Fsp3) is 0.467. The Morgan fingerprint density at radius 3 is 2.38 bits per heavy atom. The molecule has 0 unspecified atom stereocenters. The highest BCUT2D eigenvalue weighted by molar-refractivity contribution is 5.83. The largest absolute Gasteiger partial charge is 0.399 e. The first kappa shape index (κ1) is 15.2. The maximum Gasteiger partial charge on any atom is 0.318 e. The molecule has 0 saturated heterocycles. The van der Waals surface area contributed by atoms with Crippen LogP contribution in [0.2, 0.25) is 0 Å². The van der Waals surface area contributed by atoms with Crippen LogP contribution >= 0.6 is 0 Å². The van der Waals surface area contributed by atoms with E-state index in [1.807, 2.05) is 12.1 Å². The van der Waals surface area contributed by atoms with Crippen molar-refractivity contribution in [1.29, 1.82) is 0 Å². The van der Waals surface area contributed by atoms with Crippen molar-refractivity contribution >= 4 is 17.6 Å². The summed E-state index contributed by atoms with van der Waals surface area (Å²) in [5, 5.41) is 2.97. The van der Waals surface area contributed by atoms with Crippen molar-refractivity contribution in [2.75, 3.05) is 12.3 Å². The maximum absolute atomic E-state index is 12.3. The lowest BCUT2D eigenvalue weighted by Crippen LogP contribution is -2.46. The topological polar surface area (TPSA) is 101 Å². The Kier molecular flexibility index (Phi) is 5.03. The molecule has 21 heavy (non-hydrogen) atoms. The average Bonchev–Trinajstić information content (AvgIpc) is 2.93. The Labute approximate surface area is 124 Å². The summed E-state index contributed by atoms with van der Waals surface area (Å²) in [4.78, 5) is 24.9. The molecule has 6 nitrogen and oxygen atoms in total. The number of hydrogen-bond acceptors (Lipinski definition) is 3. The summed E-state index contributed by atoms with van der Waals surface area (Å²) in [6.07, 6.45) is 4.27. The molecule has 3 amide bonds. The summed E-state index contributed by atoms with van der Waals surface area (Å²) in [5.41, 5.74) is 12.4. The number of rotatable bonds is 5. The second kappa shape index (κ2) is 6.97. The minimum atomic E-state index is -0.521. The number of benzene rings is 1.